The summed E-state index contributed by atoms with van der Waals surface area (Å²) in [4.78, 5) is 15.7. The molecule has 2 N–H and O–H groups in total. The third-order valence-corrected chi connectivity index (χ3v) is 3.02. The van der Waals surface area contributed by atoms with Crippen LogP contribution in [0.5, 0.6) is 11.6 Å². The van der Waals surface area contributed by atoms with Crippen LogP contribution in [0.4, 0.5) is 5.95 Å². The van der Waals surface area contributed by atoms with Gasteiger partial charge < -0.3 is 15.0 Å². The van der Waals surface area contributed by atoms with E-state index in [4.69, 9.17) is 4.74 Å². The molecule has 0 radical (unpaired) electrons. The summed E-state index contributed by atoms with van der Waals surface area (Å²) in [5.74, 6) is 1.67. The van der Waals surface area contributed by atoms with Gasteiger partial charge in [0.25, 0.3) is 5.88 Å². The lowest BCUT2D eigenvalue weighted by atomic mass is 10.2. The van der Waals surface area contributed by atoms with Crippen molar-refractivity contribution in [2.24, 2.45) is 0 Å². The molecule has 0 spiro atoms. The van der Waals surface area contributed by atoms with Gasteiger partial charge in [-0.1, -0.05) is 19.1 Å². The molecular formula is C14H15N5O. The monoisotopic (exact) mass is 269 g/mol. The molecule has 2 aromatic heterocycles. The highest BCUT2D eigenvalue weighted by Gasteiger charge is 2.11. The maximum Gasteiger partial charge on any atom is 0.250 e. The van der Waals surface area contributed by atoms with Gasteiger partial charge in [0, 0.05) is 7.05 Å². The van der Waals surface area contributed by atoms with E-state index >= 15 is 0 Å². The number of ether oxygens (including phenoxy) is 1. The lowest BCUT2D eigenvalue weighted by Gasteiger charge is -2.07. The molecule has 6 heteroatoms. The van der Waals surface area contributed by atoms with Gasteiger partial charge in [0.1, 0.15) is 11.3 Å². The minimum atomic E-state index is 0.459. The highest BCUT2D eigenvalue weighted by molar-refractivity contribution is 5.77. The van der Waals surface area contributed by atoms with Gasteiger partial charge >= 0.3 is 0 Å². The van der Waals surface area contributed by atoms with Gasteiger partial charge in [0.15, 0.2) is 5.65 Å². The number of aromatic nitrogens is 4. The van der Waals surface area contributed by atoms with Crippen LogP contribution < -0.4 is 10.1 Å². The number of imidazole rings is 1. The second-order valence-corrected chi connectivity index (χ2v) is 4.30. The first-order valence-electron chi connectivity index (χ1n) is 6.46. The Labute approximate surface area is 116 Å². The fraction of sp³-hybridized carbons (Fsp3) is 0.214. The number of hydrogen-bond donors (Lipinski definition) is 2. The predicted molar refractivity (Wildman–Crippen MR) is 77.1 cm³/mol. The summed E-state index contributed by atoms with van der Waals surface area (Å²) in [7, 11) is 1.76. The molecule has 0 unspecified atom stereocenters. The largest absolute Gasteiger partial charge is 0.437 e. The van der Waals surface area contributed by atoms with E-state index in [9.17, 15) is 0 Å². The zero-order valence-electron chi connectivity index (χ0n) is 11.3. The summed E-state index contributed by atoms with van der Waals surface area (Å²) in [5, 5.41) is 2.90. The Kier molecular flexibility index (Phi) is 3.20. The third-order valence-electron chi connectivity index (χ3n) is 3.02. The molecule has 0 aliphatic heterocycles. The highest BCUT2D eigenvalue weighted by Crippen LogP contribution is 2.26. The average molecular weight is 269 g/mol. The second kappa shape index (κ2) is 5.16. The molecule has 0 amide bonds. The van der Waals surface area contributed by atoms with Gasteiger partial charge in [-0.3, -0.25) is 0 Å². The van der Waals surface area contributed by atoms with Crippen LogP contribution >= 0.6 is 0 Å². The number of fused-ring (bicyclic) bond motifs is 1. The Morgan fingerprint density at radius 3 is 2.70 bits per heavy atom. The van der Waals surface area contributed by atoms with Crippen molar-refractivity contribution < 1.29 is 4.74 Å². The summed E-state index contributed by atoms with van der Waals surface area (Å²) in [6.45, 7) is 2.12. The molecular weight excluding hydrogens is 254 g/mol. The summed E-state index contributed by atoms with van der Waals surface area (Å²) in [5.41, 5.74) is 2.52. The summed E-state index contributed by atoms with van der Waals surface area (Å²) in [6.07, 6.45) is 2.58. The van der Waals surface area contributed by atoms with Gasteiger partial charge in [-0.25, -0.2) is 4.98 Å². The molecule has 0 fully saturated rings. The number of nitrogens with one attached hydrogen (secondary N) is 2. The zero-order valence-corrected chi connectivity index (χ0v) is 11.3. The van der Waals surface area contributed by atoms with Crippen LogP contribution in [0, 0.1) is 0 Å². The quantitative estimate of drug-likeness (QED) is 0.761. The number of nitrogens with zero attached hydrogens (tertiary/aromatic N) is 3. The summed E-state index contributed by atoms with van der Waals surface area (Å²) >= 11 is 0. The summed E-state index contributed by atoms with van der Waals surface area (Å²) in [6, 6.07) is 7.95. The smallest absolute Gasteiger partial charge is 0.250 e. The molecule has 0 aliphatic carbocycles. The van der Waals surface area contributed by atoms with Crippen molar-refractivity contribution in [3.63, 3.8) is 0 Å². The number of anilines is 1. The van der Waals surface area contributed by atoms with Crippen molar-refractivity contribution in [3.05, 3.63) is 36.2 Å². The number of aryl methyl sites for hydroxylation is 1. The molecule has 102 valence electrons. The highest BCUT2D eigenvalue weighted by atomic mass is 16.5. The second-order valence-electron chi connectivity index (χ2n) is 4.30. The molecule has 20 heavy (non-hydrogen) atoms. The first kappa shape index (κ1) is 12.4. The fourth-order valence-electron chi connectivity index (χ4n) is 1.90. The standard InChI is InChI=1S/C14H15N5O/c1-3-9-4-6-10(7-5-9)20-13-11-12(17-8-16-11)18-14(15-2)19-13/h4-8H,3H2,1-2H3,(H2,15,16,17,18,19). The third kappa shape index (κ3) is 2.27. The van der Waals surface area contributed by atoms with E-state index in [1.165, 1.54) is 5.56 Å². The Balaban J connectivity index is 1.98. The zero-order chi connectivity index (χ0) is 13.9. The van der Waals surface area contributed by atoms with Crippen LogP contribution in [0.25, 0.3) is 11.2 Å². The number of hydrogen-bond acceptors (Lipinski definition) is 5. The lowest BCUT2D eigenvalue weighted by molar-refractivity contribution is 0.468. The van der Waals surface area contributed by atoms with Gasteiger partial charge in [-0.2, -0.15) is 9.97 Å². The SMILES string of the molecule is CCc1ccc(Oc2nc(NC)nc3nc[nH]c23)cc1. The molecule has 0 aliphatic rings. The summed E-state index contributed by atoms with van der Waals surface area (Å²) < 4.78 is 5.83. The average Bonchev–Trinajstić information content (AvgIpc) is 2.96. The van der Waals surface area contributed by atoms with E-state index in [-0.39, 0.29) is 0 Å². The van der Waals surface area contributed by atoms with Crippen LogP contribution in [0.1, 0.15) is 12.5 Å². The molecule has 2 heterocycles. The first-order chi connectivity index (χ1) is 9.80. The van der Waals surface area contributed by atoms with E-state index in [1.807, 2.05) is 24.3 Å². The maximum atomic E-state index is 5.83. The molecule has 0 atom stereocenters. The van der Waals surface area contributed by atoms with Crippen LogP contribution in [-0.2, 0) is 6.42 Å². The van der Waals surface area contributed by atoms with E-state index in [0.29, 0.717) is 23.0 Å². The minimum Gasteiger partial charge on any atom is -0.437 e. The van der Waals surface area contributed by atoms with Crippen LogP contribution in [0.15, 0.2) is 30.6 Å². The fourth-order valence-corrected chi connectivity index (χ4v) is 1.90. The Morgan fingerprint density at radius 1 is 1.20 bits per heavy atom. The van der Waals surface area contributed by atoms with Crippen molar-refractivity contribution in [2.45, 2.75) is 13.3 Å². The molecule has 3 rings (SSSR count). The van der Waals surface area contributed by atoms with Crippen molar-refractivity contribution in [3.8, 4) is 11.6 Å². The maximum absolute atomic E-state index is 5.83. The Hall–Kier alpha value is -2.63. The van der Waals surface area contributed by atoms with Gasteiger partial charge in [-0.15, -0.1) is 0 Å². The van der Waals surface area contributed by atoms with Crippen molar-refractivity contribution in [1.82, 2.24) is 19.9 Å². The molecule has 3 aromatic rings. The van der Waals surface area contributed by atoms with E-state index in [2.05, 4.69) is 32.2 Å². The first-order valence-corrected chi connectivity index (χ1v) is 6.46. The number of rotatable bonds is 4. The van der Waals surface area contributed by atoms with Crippen LogP contribution in [0.2, 0.25) is 0 Å². The Morgan fingerprint density at radius 2 is 2.00 bits per heavy atom. The van der Waals surface area contributed by atoms with Gasteiger partial charge in [0.2, 0.25) is 5.95 Å². The predicted octanol–water partition coefficient (Wildman–Crippen LogP) is 2.75. The molecule has 6 nitrogen and oxygen atoms in total. The van der Waals surface area contributed by atoms with E-state index in [1.54, 1.807) is 13.4 Å². The van der Waals surface area contributed by atoms with Gasteiger partial charge in [0.05, 0.1) is 6.33 Å². The topological polar surface area (TPSA) is 75.7 Å². The molecule has 0 saturated carbocycles. The van der Waals surface area contributed by atoms with Crippen molar-refractivity contribution >= 4 is 17.1 Å². The molecule has 0 saturated heterocycles. The van der Waals surface area contributed by atoms with Crippen LogP contribution in [-0.4, -0.2) is 27.0 Å². The normalized spacial score (nSPS) is 10.7. The van der Waals surface area contributed by atoms with E-state index < -0.39 is 0 Å². The number of H-pyrrole nitrogens is 1. The Bertz CT molecular complexity index is 720. The van der Waals surface area contributed by atoms with Gasteiger partial charge in [-0.05, 0) is 24.1 Å². The van der Waals surface area contributed by atoms with Crippen molar-refractivity contribution in [1.29, 1.82) is 0 Å². The van der Waals surface area contributed by atoms with E-state index in [0.717, 1.165) is 12.2 Å². The minimum absolute atomic E-state index is 0.459. The number of benzene rings is 1. The molecule has 1 aromatic carbocycles. The lowest BCUT2D eigenvalue weighted by Crippen LogP contribution is -1.99. The number of aromatic amines is 1. The van der Waals surface area contributed by atoms with Crippen molar-refractivity contribution in [2.75, 3.05) is 12.4 Å². The molecule has 0 bridgehead atoms. The van der Waals surface area contributed by atoms with Crippen LogP contribution in [0.3, 0.4) is 0 Å².